The van der Waals surface area contributed by atoms with Crippen LogP contribution in [-0.2, 0) is 12.8 Å². The zero-order valence-electron chi connectivity index (χ0n) is 12.1. The molecule has 0 bridgehead atoms. The van der Waals surface area contributed by atoms with Gasteiger partial charge in [-0.2, -0.15) is 0 Å². The third kappa shape index (κ3) is 2.40. The lowest BCUT2D eigenvalue weighted by Crippen LogP contribution is -2.15. The molecule has 0 saturated carbocycles. The van der Waals surface area contributed by atoms with Crippen LogP contribution in [0.2, 0.25) is 0 Å². The molecule has 0 spiro atoms. The Hall–Kier alpha value is -1.55. The van der Waals surface area contributed by atoms with Gasteiger partial charge in [0.05, 0.1) is 0 Å². The molecule has 1 aliphatic rings. The van der Waals surface area contributed by atoms with E-state index in [0.717, 1.165) is 35.1 Å². The van der Waals surface area contributed by atoms with Gasteiger partial charge in [-0.05, 0) is 49.9 Å². The first-order valence-corrected chi connectivity index (χ1v) is 7.38. The first kappa shape index (κ1) is 13.4. The Morgan fingerprint density at radius 3 is 2.55 bits per heavy atom. The highest BCUT2D eigenvalue weighted by molar-refractivity contribution is 7.80. The van der Waals surface area contributed by atoms with E-state index in [-0.39, 0.29) is 0 Å². The lowest BCUT2D eigenvalue weighted by Gasteiger charge is -2.21. The quantitative estimate of drug-likeness (QED) is 0.855. The predicted molar refractivity (Wildman–Crippen MR) is 85.1 cm³/mol. The molecule has 0 radical (unpaired) electrons. The normalized spacial score (nSPS) is 17.1. The molecule has 0 N–H and O–H groups in total. The molecule has 1 unspecified atom stereocenters. The van der Waals surface area contributed by atoms with Crippen LogP contribution in [0.15, 0.2) is 29.2 Å². The van der Waals surface area contributed by atoms with Crippen molar-refractivity contribution in [2.24, 2.45) is 5.92 Å². The van der Waals surface area contributed by atoms with Gasteiger partial charge in [0.15, 0.2) is 0 Å². The summed E-state index contributed by atoms with van der Waals surface area (Å²) < 4.78 is 0. The van der Waals surface area contributed by atoms with Crippen LogP contribution in [0.3, 0.4) is 0 Å². The minimum absolute atomic E-state index is 0.660. The zero-order chi connectivity index (χ0) is 14.3. The Bertz CT molecular complexity index is 637. The summed E-state index contributed by atoms with van der Waals surface area (Å²) in [7, 11) is 2.07. The van der Waals surface area contributed by atoms with Crippen LogP contribution >= 0.6 is 12.6 Å². The molecule has 0 saturated heterocycles. The molecule has 0 amide bonds. The smallest absolute Gasteiger partial charge is 0.139 e. The highest BCUT2D eigenvalue weighted by Gasteiger charge is 2.25. The third-order valence-corrected chi connectivity index (χ3v) is 4.13. The number of fused-ring (bicyclic) bond motifs is 1. The van der Waals surface area contributed by atoms with Crippen molar-refractivity contribution in [3.8, 4) is 0 Å². The zero-order valence-corrected chi connectivity index (χ0v) is 13.0. The van der Waals surface area contributed by atoms with Gasteiger partial charge in [0.2, 0.25) is 0 Å². The van der Waals surface area contributed by atoms with Gasteiger partial charge in [0, 0.05) is 28.9 Å². The summed E-state index contributed by atoms with van der Waals surface area (Å²) >= 11 is 4.34. The Labute approximate surface area is 125 Å². The summed E-state index contributed by atoms with van der Waals surface area (Å²) in [6.45, 7) is 4.24. The maximum atomic E-state index is 4.67. The molecule has 104 valence electrons. The molecule has 1 atom stereocenters. The van der Waals surface area contributed by atoms with Gasteiger partial charge in [-0.3, -0.25) is 0 Å². The molecule has 1 aliphatic carbocycles. The molecule has 1 aromatic heterocycles. The highest BCUT2D eigenvalue weighted by Crippen LogP contribution is 2.34. The van der Waals surface area contributed by atoms with Gasteiger partial charge in [-0.15, -0.1) is 12.6 Å². The maximum absolute atomic E-state index is 4.67. The number of thiol groups is 1. The number of nitrogens with zero attached hydrogens (tertiary/aromatic N) is 3. The van der Waals surface area contributed by atoms with Gasteiger partial charge < -0.3 is 4.90 Å². The summed E-state index contributed by atoms with van der Waals surface area (Å²) in [6.07, 6.45) is 2.13. The van der Waals surface area contributed by atoms with E-state index in [1.165, 1.54) is 11.3 Å². The van der Waals surface area contributed by atoms with Crippen LogP contribution in [0.1, 0.15) is 24.0 Å². The molecule has 1 aromatic carbocycles. The highest BCUT2D eigenvalue weighted by atomic mass is 32.1. The van der Waals surface area contributed by atoms with Crippen LogP contribution < -0.4 is 4.90 Å². The van der Waals surface area contributed by atoms with E-state index in [1.54, 1.807) is 0 Å². The lowest BCUT2D eigenvalue weighted by atomic mass is 10.1. The molecular weight excluding hydrogens is 266 g/mol. The molecule has 20 heavy (non-hydrogen) atoms. The summed E-state index contributed by atoms with van der Waals surface area (Å²) in [6, 6.07) is 8.16. The minimum Gasteiger partial charge on any atom is -0.329 e. The van der Waals surface area contributed by atoms with Crippen LogP contribution in [0.25, 0.3) is 0 Å². The first-order chi connectivity index (χ1) is 9.54. The largest absolute Gasteiger partial charge is 0.329 e. The first-order valence-electron chi connectivity index (χ1n) is 6.93. The number of anilines is 2. The monoisotopic (exact) mass is 285 g/mol. The van der Waals surface area contributed by atoms with Crippen molar-refractivity contribution in [2.75, 3.05) is 11.9 Å². The Morgan fingerprint density at radius 1 is 1.15 bits per heavy atom. The SMILES string of the molecule is Cc1nc2c(c(N(C)c3ccc(S)cc3)n1)CC(C)C2. The number of hydrogen-bond acceptors (Lipinski definition) is 4. The Balaban J connectivity index is 2.04. The van der Waals surface area contributed by atoms with Crippen LogP contribution in [-0.4, -0.2) is 17.0 Å². The van der Waals surface area contributed by atoms with Crippen molar-refractivity contribution < 1.29 is 0 Å². The Kier molecular flexibility index (Phi) is 3.42. The van der Waals surface area contributed by atoms with Crippen LogP contribution in [0.5, 0.6) is 0 Å². The van der Waals surface area contributed by atoms with E-state index in [0.29, 0.717) is 5.92 Å². The van der Waals surface area contributed by atoms with E-state index in [4.69, 9.17) is 0 Å². The van der Waals surface area contributed by atoms with E-state index >= 15 is 0 Å². The summed E-state index contributed by atoms with van der Waals surface area (Å²) in [5.74, 6) is 2.56. The van der Waals surface area contributed by atoms with Gasteiger partial charge in [0.25, 0.3) is 0 Å². The molecule has 3 nitrogen and oxygen atoms in total. The molecule has 0 aliphatic heterocycles. The number of rotatable bonds is 2. The lowest BCUT2D eigenvalue weighted by molar-refractivity contribution is 0.623. The maximum Gasteiger partial charge on any atom is 0.139 e. The van der Waals surface area contributed by atoms with E-state index in [1.807, 2.05) is 19.1 Å². The second-order valence-electron chi connectivity index (χ2n) is 5.61. The predicted octanol–water partition coefficient (Wildman–Crippen LogP) is 3.58. The van der Waals surface area contributed by atoms with Crippen LogP contribution in [0.4, 0.5) is 11.5 Å². The van der Waals surface area contributed by atoms with Gasteiger partial charge in [0.1, 0.15) is 11.6 Å². The van der Waals surface area contributed by atoms with Crippen molar-refractivity contribution >= 4 is 24.1 Å². The van der Waals surface area contributed by atoms with Crippen LogP contribution in [0, 0.1) is 12.8 Å². The average molecular weight is 285 g/mol. The number of hydrogen-bond donors (Lipinski definition) is 1. The van der Waals surface area contributed by atoms with Gasteiger partial charge in [-0.25, -0.2) is 9.97 Å². The molecule has 0 fully saturated rings. The Morgan fingerprint density at radius 2 is 1.85 bits per heavy atom. The number of aromatic nitrogens is 2. The molecular formula is C16H19N3S. The molecule has 2 aromatic rings. The number of aryl methyl sites for hydroxylation is 1. The summed E-state index contributed by atoms with van der Waals surface area (Å²) in [5, 5.41) is 0. The van der Waals surface area contributed by atoms with Gasteiger partial charge >= 0.3 is 0 Å². The van der Waals surface area contributed by atoms with Crippen molar-refractivity contribution in [3.05, 3.63) is 41.3 Å². The van der Waals surface area contributed by atoms with Crippen molar-refractivity contribution in [1.29, 1.82) is 0 Å². The third-order valence-electron chi connectivity index (χ3n) is 3.83. The standard InChI is InChI=1S/C16H19N3S/c1-10-8-14-15(9-10)17-11(2)18-16(14)19(3)12-4-6-13(20)7-5-12/h4-7,10,20H,8-9H2,1-3H3. The van der Waals surface area contributed by atoms with Gasteiger partial charge in [-0.1, -0.05) is 6.92 Å². The average Bonchev–Trinajstić information content (AvgIpc) is 2.78. The van der Waals surface area contributed by atoms with Crippen molar-refractivity contribution in [2.45, 2.75) is 31.6 Å². The van der Waals surface area contributed by atoms with E-state index < -0.39 is 0 Å². The number of benzene rings is 1. The fourth-order valence-corrected chi connectivity index (χ4v) is 2.99. The van der Waals surface area contributed by atoms with Crippen molar-refractivity contribution in [1.82, 2.24) is 9.97 Å². The molecule has 4 heteroatoms. The van der Waals surface area contributed by atoms with E-state index in [2.05, 4.69) is 53.6 Å². The second-order valence-corrected chi connectivity index (χ2v) is 6.12. The fraction of sp³-hybridized carbons (Fsp3) is 0.375. The summed E-state index contributed by atoms with van der Waals surface area (Å²) in [5.41, 5.74) is 3.65. The second kappa shape index (κ2) is 5.09. The molecule has 1 heterocycles. The topological polar surface area (TPSA) is 29.0 Å². The summed E-state index contributed by atoms with van der Waals surface area (Å²) in [4.78, 5) is 12.4. The van der Waals surface area contributed by atoms with E-state index in [9.17, 15) is 0 Å². The molecule has 3 rings (SSSR count). The fourth-order valence-electron chi connectivity index (χ4n) is 2.84. The van der Waals surface area contributed by atoms with Crippen molar-refractivity contribution in [3.63, 3.8) is 0 Å². The minimum atomic E-state index is 0.660.